The number of nitrogens with one attached hydrogen (secondary N) is 1. The van der Waals surface area contributed by atoms with Gasteiger partial charge in [-0.25, -0.2) is 4.98 Å². The molecule has 1 amide bonds. The Kier molecular flexibility index (Phi) is 4.74. The molecule has 1 N–H and O–H groups in total. The molecule has 1 aliphatic rings. The predicted octanol–water partition coefficient (Wildman–Crippen LogP) is 1.29. The number of anilines is 1. The molecule has 2 rings (SSSR count). The maximum absolute atomic E-state index is 12.4. The number of hydrogen-bond acceptors (Lipinski definition) is 4. The third-order valence-electron chi connectivity index (χ3n) is 3.38. The van der Waals surface area contributed by atoms with Crippen LogP contribution in [0.25, 0.3) is 0 Å². The van der Waals surface area contributed by atoms with Crippen LogP contribution in [0.15, 0.2) is 18.3 Å². The standard InChI is InChI=1S/C14H22N4O/c1-3-15-13-6-5-12(11-16-13)14(19)18-8-4-7-17(2)9-10-18/h5-6,11H,3-4,7-10H2,1-2H3,(H,15,16). The average Bonchev–Trinajstić information content (AvgIpc) is 2.64. The maximum Gasteiger partial charge on any atom is 0.255 e. The number of rotatable bonds is 3. The van der Waals surface area contributed by atoms with Gasteiger partial charge in [0.15, 0.2) is 0 Å². The van der Waals surface area contributed by atoms with Gasteiger partial charge in [0.1, 0.15) is 5.82 Å². The first-order chi connectivity index (χ1) is 9.20. The van der Waals surface area contributed by atoms with Crippen molar-refractivity contribution < 1.29 is 4.79 Å². The van der Waals surface area contributed by atoms with Crippen molar-refractivity contribution in [1.29, 1.82) is 0 Å². The summed E-state index contributed by atoms with van der Waals surface area (Å²) in [5.74, 6) is 0.903. The Labute approximate surface area is 114 Å². The van der Waals surface area contributed by atoms with Crippen LogP contribution in [0.5, 0.6) is 0 Å². The fourth-order valence-corrected chi connectivity index (χ4v) is 2.24. The van der Waals surface area contributed by atoms with Gasteiger partial charge >= 0.3 is 0 Å². The lowest BCUT2D eigenvalue weighted by Crippen LogP contribution is -2.34. The smallest absolute Gasteiger partial charge is 0.255 e. The lowest BCUT2D eigenvalue weighted by atomic mass is 10.2. The number of amides is 1. The number of carbonyl (C=O) groups is 1. The highest BCUT2D eigenvalue weighted by atomic mass is 16.2. The molecule has 2 heterocycles. The van der Waals surface area contributed by atoms with Gasteiger partial charge in [-0.15, -0.1) is 0 Å². The van der Waals surface area contributed by atoms with Crippen LogP contribution in [0.1, 0.15) is 23.7 Å². The molecule has 1 fully saturated rings. The molecule has 0 saturated carbocycles. The largest absolute Gasteiger partial charge is 0.370 e. The molecule has 0 aliphatic carbocycles. The minimum atomic E-state index is 0.0887. The van der Waals surface area contributed by atoms with E-state index in [9.17, 15) is 4.79 Å². The monoisotopic (exact) mass is 262 g/mol. The predicted molar refractivity (Wildman–Crippen MR) is 76.4 cm³/mol. The van der Waals surface area contributed by atoms with E-state index >= 15 is 0 Å². The number of aromatic nitrogens is 1. The normalized spacial score (nSPS) is 17.1. The second-order valence-electron chi connectivity index (χ2n) is 4.91. The van der Waals surface area contributed by atoms with E-state index in [0.717, 1.165) is 45.0 Å². The van der Waals surface area contributed by atoms with Crippen molar-refractivity contribution >= 4 is 11.7 Å². The average molecular weight is 262 g/mol. The second-order valence-corrected chi connectivity index (χ2v) is 4.91. The molecule has 5 heteroatoms. The van der Waals surface area contributed by atoms with Crippen LogP contribution >= 0.6 is 0 Å². The summed E-state index contributed by atoms with van der Waals surface area (Å²) in [4.78, 5) is 20.8. The van der Waals surface area contributed by atoms with Gasteiger partial charge in [-0.3, -0.25) is 4.79 Å². The van der Waals surface area contributed by atoms with E-state index in [-0.39, 0.29) is 5.91 Å². The van der Waals surface area contributed by atoms with Gasteiger partial charge in [-0.2, -0.15) is 0 Å². The van der Waals surface area contributed by atoms with Gasteiger partial charge in [0.25, 0.3) is 5.91 Å². The fourth-order valence-electron chi connectivity index (χ4n) is 2.24. The number of pyridine rings is 1. The SMILES string of the molecule is CCNc1ccc(C(=O)N2CCCN(C)CC2)cn1. The van der Waals surface area contributed by atoms with Crippen molar-refractivity contribution in [2.75, 3.05) is 45.1 Å². The summed E-state index contributed by atoms with van der Waals surface area (Å²) in [6.45, 7) is 6.48. The molecule has 0 spiro atoms. The molecule has 0 aromatic carbocycles. The zero-order chi connectivity index (χ0) is 13.7. The van der Waals surface area contributed by atoms with E-state index in [1.54, 1.807) is 6.20 Å². The fraction of sp³-hybridized carbons (Fsp3) is 0.571. The van der Waals surface area contributed by atoms with Crippen molar-refractivity contribution in [2.45, 2.75) is 13.3 Å². The van der Waals surface area contributed by atoms with Crippen LogP contribution < -0.4 is 5.32 Å². The van der Waals surface area contributed by atoms with E-state index < -0.39 is 0 Å². The molecule has 5 nitrogen and oxygen atoms in total. The first-order valence-corrected chi connectivity index (χ1v) is 6.88. The Hall–Kier alpha value is -1.62. The van der Waals surface area contributed by atoms with E-state index in [4.69, 9.17) is 0 Å². The number of carbonyl (C=O) groups excluding carboxylic acids is 1. The Morgan fingerprint density at radius 3 is 2.84 bits per heavy atom. The van der Waals surface area contributed by atoms with Crippen LogP contribution in [0.4, 0.5) is 5.82 Å². The summed E-state index contributed by atoms with van der Waals surface area (Å²) in [6.07, 6.45) is 2.69. The number of hydrogen-bond donors (Lipinski definition) is 1. The maximum atomic E-state index is 12.4. The van der Waals surface area contributed by atoms with Crippen LogP contribution in [0.2, 0.25) is 0 Å². The lowest BCUT2D eigenvalue weighted by Gasteiger charge is -2.20. The first kappa shape index (κ1) is 13.8. The Morgan fingerprint density at radius 1 is 1.32 bits per heavy atom. The van der Waals surface area contributed by atoms with E-state index in [0.29, 0.717) is 5.56 Å². The van der Waals surface area contributed by atoms with Gasteiger partial charge < -0.3 is 15.1 Å². The highest BCUT2D eigenvalue weighted by molar-refractivity contribution is 5.94. The number of likely N-dealkylation sites (N-methyl/N-ethyl adjacent to an activating group) is 1. The zero-order valence-corrected chi connectivity index (χ0v) is 11.7. The molecule has 1 aliphatic heterocycles. The third kappa shape index (κ3) is 3.67. The molecule has 1 aromatic rings. The second kappa shape index (κ2) is 6.52. The minimum Gasteiger partial charge on any atom is -0.370 e. The molecule has 0 unspecified atom stereocenters. The third-order valence-corrected chi connectivity index (χ3v) is 3.38. The first-order valence-electron chi connectivity index (χ1n) is 6.88. The Balaban J connectivity index is 2.02. The lowest BCUT2D eigenvalue weighted by molar-refractivity contribution is 0.0762. The van der Waals surface area contributed by atoms with Crippen molar-refractivity contribution in [3.63, 3.8) is 0 Å². The summed E-state index contributed by atoms with van der Waals surface area (Å²) < 4.78 is 0. The summed E-state index contributed by atoms with van der Waals surface area (Å²) in [7, 11) is 2.10. The molecule has 19 heavy (non-hydrogen) atoms. The molecular formula is C14H22N4O. The molecule has 0 bridgehead atoms. The highest BCUT2D eigenvalue weighted by Crippen LogP contribution is 2.10. The summed E-state index contributed by atoms with van der Waals surface area (Å²) in [5.41, 5.74) is 0.672. The van der Waals surface area contributed by atoms with Gasteiger partial charge in [0, 0.05) is 32.4 Å². The van der Waals surface area contributed by atoms with Gasteiger partial charge in [-0.1, -0.05) is 0 Å². The van der Waals surface area contributed by atoms with Crippen LogP contribution in [0, 0.1) is 0 Å². The summed E-state index contributed by atoms with van der Waals surface area (Å²) >= 11 is 0. The van der Waals surface area contributed by atoms with E-state index in [1.807, 2.05) is 24.0 Å². The molecule has 0 radical (unpaired) electrons. The van der Waals surface area contributed by atoms with Crippen molar-refractivity contribution in [1.82, 2.24) is 14.8 Å². The molecular weight excluding hydrogens is 240 g/mol. The van der Waals surface area contributed by atoms with Crippen molar-refractivity contribution in [3.05, 3.63) is 23.9 Å². The Bertz CT molecular complexity index is 418. The molecule has 1 aromatic heterocycles. The van der Waals surface area contributed by atoms with Gasteiger partial charge in [0.2, 0.25) is 0 Å². The van der Waals surface area contributed by atoms with Crippen LogP contribution in [-0.2, 0) is 0 Å². The quantitative estimate of drug-likeness (QED) is 0.892. The molecule has 104 valence electrons. The van der Waals surface area contributed by atoms with E-state index in [1.165, 1.54) is 0 Å². The highest BCUT2D eigenvalue weighted by Gasteiger charge is 2.18. The zero-order valence-electron chi connectivity index (χ0n) is 11.7. The molecule has 0 atom stereocenters. The van der Waals surface area contributed by atoms with E-state index in [2.05, 4.69) is 22.2 Å². The van der Waals surface area contributed by atoms with Gasteiger partial charge in [0.05, 0.1) is 5.56 Å². The minimum absolute atomic E-state index is 0.0887. The Morgan fingerprint density at radius 2 is 2.16 bits per heavy atom. The number of nitrogens with zero attached hydrogens (tertiary/aromatic N) is 3. The summed E-state index contributed by atoms with van der Waals surface area (Å²) in [6, 6.07) is 3.71. The molecule has 1 saturated heterocycles. The van der Waals surface area contributed by atoms with Crippen LogP contribution in [0.3, 0.4) is 0 Å². The van der Waals surface area contributed by atoms with Crippen molar-refractivity contribution in [2.24, 2.45) is 0 Å². The summed E-state index contributed by atoms with van der Waals surface area (Å²) in [5, 5.41) is 3.13. The topological polar surface area (TPSA) is 48.5 Å². The van der Waals surface area contributed by atoms with Crippen LogP contribution in [-0.4, -0.2) is 60.5 Å². The van der Waals surface area contributed by atoms with Gasteiger partial charge in [-0.05, 0) is 39.1 Å². The van der Waals surface area contributed by atoms with Crippen molar-refractivity contribution in [3.8, 4) is 0 Å².